The number of carbonyl (C=O) groups excluding carboxylic acids is 1. The van der Waals surface area contributed by atoms with Crippen molar-refractivity contribution in [3.63, 3.8) is 0 Å². The van der Waals surface area contributed by atoms with Crippen LogP contribution in [0.4, 0.5) is 10.5 Å². The van der Waals surface area contributed by atoms with Crippen molar-refractivity contribution in [1.29, 1.82) is 0 Å². The van der Waals surface area contributed by atoms with Crippen LogP contribution in [0.1, 0.15) is 50.1 Å². The summed E-state index contributed by atoms with van der Waals surface area (Å²) in [5, 5.41) is 5.70. The fourth-order valence-electron chi connectivity index (χ4n) is 2.33. The maximum absolute atomic E-state index is 11.9. The number of anilines is 1. The van der Waals surface area contributed by atoms with Gasteiger partial charge in [0.25, 0.3) is 0 Å². The molecule has 2 N–H and O–H groups in total. The van der Waals surface area contributed by atoms with Gasteiger partial charge in [-0.3, -0.25) is 0 Å². The molecule has 0 saturated carbocycles. The first-order valence-electron chi connectivity index (χ1n) is 8.34. The van der Waals surface area contributed by atoms with E-state index in [0.717, 1.165) is 41.4 Å². The van der Waals surface area contributed by atoms with Gasteiger partial charge in [-0.25, -0.2) is 9.78 Å². The van der Waals surface area contributed by atoms with E-state index in [1.54, 1.807) is 0 Å². The smallest absolute Gasteiger partial charge is 0.319 e. The number of oxazole rings is 1. The van der Waals surface area contributed by atoms with Gasteiger partial charge in [0.2, 0.25) is 0 Å². The number of nitrogens with one attached hydrogen (secondary N) is 2. The molecule has 130 valence electrons. The molecule has 1 aromatic heterocycles. The van der Waals surface area contributed by atoms with Crippen molar-refractivity contribution in [3.05, 3.63) is 47.2 Å². The third-order valence-corrected chi connectivity index (χ3v) is 3.68. The average Bonchev–Trinajstić information content (AvgIpc) is 2.85. The van der Waals surface area contributed by atoms with E-state index in [4.69, 9.17) is 4.42 Å². The highest BCUT2D eigenvalue weighted by Crippen LogP contribution is 2.24. The van der Waals surface area contributed by atoms with Gasteiger partial charge >= 0.3 is 6.03 Å². The van der Waals surface area contributed by atoms with Gasteiger partial charge < -0.3 is 15.1 Å². The lowest BCUT2D eigenvalue weighted by atomic mass is 9.97. The number of aryl methyl sites for hydroxylation is 3. The molecule has 0 saturated heterocycles. The zero-order valence-electron chi connectivity index (χ0n) is 15.2. The van der Waals surface area contributed by atoms with Crippen LogP contribution in [-0.2, 0) is 11.8 Å². The maximum Gasteiger partial charge on any atom is 0.319 e. The number of rotatable bonds is 5. The summed E-state index contributed by atoms with van der Waals surface area (Å²) in [5.41, 5.74) is 2.76. The highest BCUT2D eigenvalue weighted by Gasteiger charge is 2.21. The Labute approximate surface area is 143 Å². The minimum Gasteiger partial charge on any atom is -0.445 e. The van der Waals surface area contributed by atoms with Crippen LogP contribution in [-0.4, -0.2) is 17.6 Å². The largest absolute Gasteiger partial charge is 0.445 e. The predicted octanol–water partition coefficient (Wildman–Crippen LogP) is 4.34. The van der Waals surface area contributed by atoms with Gasteiger partial charge in [-0.15, -0.1) is 0 Å². The van der Waals surface area contributed by atoms with Crippen molar-refractivity contribution in [1.82, 2.24) is 10.3 Å². The minimum absolute atomic E-state index is 0.0883. The molecule has 2 amide bonds. The normalized spacial score (nSPS) is 11.4. The summed E-state index contributed by atoms with van der Waals surface area (Å²) in [5.74, 6) is 1.67. The molecule has 0 unspecified atom stereocenters. The summed E-state index contributed by atoms with van der Waals surface area (Å²) in [7, 11) is 0. The second kappa shape index (κ2) is 7.51. The van der Waals surface area contributed by atoms with Crippen LogP contribution in [0.2, 0.25) is 0 Å². The monoisotopic (exact) mass is 329 g/mol. The zero-order valence-corrected chi connectivity index (χ0v) is 15.2. The summed E-state index contributed by atoms with van der Waals surface area (Å²) < 4.78 is 5.86. The third kappa shape index (κ3) is 5.11. The van der Waals surface area contributed by atoms with E-state index in [0.29, 0.717) is 6.54 Å². The number of amides is 2. The molecule has 0 fully saturated rings. The molecule has 1 aromatic carbocycles. The van der Waals surface area contributed by atoms with E-state index in [9.17, 15) is 4.79 Å². The number of urea groups is 1. The van der Waals surface area contributed by atoms with Crippen LogP contribution in [0, 0.1) is 13.8 Å². The fraction of sp³-hybridized carbons (Fsp3) is 0.474. The number of hydrogen-bond donors (Lipinski definition) is 2. The first kappa shape index (κ1) is 18.0. The first-order chi connectivity index (χ1) is 11.3. The first-order valence-corrected chi connectivity index (χ1v) is 8.34. The van der Waals surface area contributed by atoms with Crippen molar-refractivity contribution < 1.29 is 9.21 Å². The standard InChI is InChI=1S/C19H27N3O2/c1-13-8-6-9-15(12-13)22-18(23)20-11-7-10-16-14(2)21-17(24-16)19(3,4)5/h6,8-9,12H,7,10-11H2,1-5H3,(H2,20,22,23). The molecule has 0 aliphatic carbocycles. The fourth-order valence-corrected chi connectivity index (χ4v) is 2.33. The quantitative estimate of drug-likeness (QED) is 0.802. The Morgan fingerprint density at radius 2 is 2.00 bits per heavy atom. The van der Waals surface area contributed by atoms with Gasteiger partial charge in [0.05, 0.1) is 5.69 Å². The summed E-state index contributed by atoms with van der Waals surface area (Å²) in [6, 6.07) is 7.54. The average molecular weight is 329 g/mol. The van der Waals surface area contributed by atoms with Crippen LogP contribution in [0.5, 0.6) is 0 Å². The molecule has 2 aromatic rings. The van der Waals surface area contributed by atoms with Crippen LogP contribution in [0.25, 0.3) is 0 Å². The highest BCUT2D eigenvalue weighted by atomic mass is 16.4. The molecule has 0 spiro atoms. The van der Waals surface area contributed by atoms with Gasteiger partial charge in [0.1, 0.15) is 5.76 Å². The Hall–Kier alpha value is -2.30. The summed E-state index contributed by atoms with van der Waals surface area (Å²) in [4.78, 5) is 16.4. The molecule has 0 radical (unpaired) electrons. The lowest BCUT2D eigenvalue weighted by molar-refractivity contribution is 0.252. The molecular weight excluding hydrogens is 302 g/mol. The summed E-state index contributed by atoms with van der Waals surface area (Å²) in [6.45, 7) is 10.8. The number of aromatic nitrogens is 1. The number of benzene rings is 1. The van der Waals surface area contributed by atoms with Gasteiger partial charge in [0, 0.05) is 24.1 Å². The highest BCUT2D eigenvalue weighted by molar-refractivity contribution is 5.89. The topological polar surface area (TPSA) is 67.2 Å². The molecule has 5 nitrogen and oxygen atoms in total. The molecule has 0 atom stereocenters. The Bertz CT molecular complexity index is 699. The third-order valence-electron chi connectivity index (χ3n) is 3.68. The van der Waals surface area contributed by atoms with Crippen LogP contribution in [0.3, 0.4) is 0 Å². The van der Waals surface area contributed by atoms with Gasteiger partial charge in [0.15, 0.2) is 5.89 Å². The Balaban J connectivity index is 1.77. The van der Waals surface area contributed by atoms with E-state index >= 15 is 0 Å². The van der Waals surface area contributed by atoms with Gasteiger partial charge in [-0.1, -0.05) is 32.9 Å². The Kier molecular flexibility index (Phi) is 5.65. The molecule has 0 aliphatic heterocycles. The van der Waals surface area contributed by atoms with E-state index < -0.39 is 0 Å². The zero-order chi connectivity index (χ0) is 17.7. The Morgan fingerprint density at radius 1 is 1.25 bits per heavy atom. The van der Waals surface area contributed by atoms with Gasteiger partial charge in [-0.05, 0) is 38.0 Å². The van der Waals surface area contributed by atoms with Crippen molar-refractivity contribution >= 4 is 11.7 Å². The number of hydrogen-bond acceptors (Lipinski definition) is 3. The maximum atomic E-state index is 11.9. The van der Waals surface area contributed by atoms with Crippen molar-refractivity contribution in [3.8, 4) is 0 Å². The van der Waals surface area contributed by atoms with Crippen molar-refractivity contribution in [2.75, 3.05) is 11.9 Å². The van der Waals surface area contributed by atoms with Crippen LogP contribution >= 0.6 is 0 Å². The minimum atomic E-state index is -0.190. The second-order valence-corrected chi connectivity index (χ2v) is 7.13. The Morgan fingerprint density at radius 3 is 2.62 bits per heavy atom. The number of nitrogens with zero attached hydrogens (tertiary/aromatic N) is 1. The molecule has 0 bridgehead atoms. The van der Waals surface area contributed by atoms with E-state index in [2.05, 4.69) is 36.4 Å². The predicted molar refractivity (Wildman–Crippen MR) is 96.5 cm³/mol. The lowest BCUT2D eigenvalue weighted by Gasteiger charge is -2.12. The molecular formula is C19H27N3O2. The molecule has 1 heterocycles. The van der Waals surface area contributed by atoms with Gasteiger partial charge in [-0.2, -0.15) is 0 Å². The van der Waals surface area contributed by atoms with Crippen molar-refractivity contribution in [2.45, 2.75) is 52.9 Å². The number of carbonyl (C=O) groups is 1. The molecule has 5 heteroatoms. The van der Waals surface area contributed by atoms with E-state index in [-0.39, 0.29) is 11.4 Å². The summed E-state index contributed by atoms with van der Waals surface area (Å²) in [6.07, 6.45) is 1.57. The SMILES string of the molecule is Cc1cccc(NC(=O)NCCCc2oc(C(C)(C)C)nc2C)c1. The summed E-state index contributed by atoms with van der Waals surface area (Å²) >= 11 is 0. The molecule has 2 rings (SSSR count). The van der Waals surface area contributed by atoms with Crippen LogP contribution in [0.15, 0.2) is 28.7 Å². The van der Waals surface area contributed by atoms with E-state index in [1.807, 2.05) is 38.1 Å². The second-order valence-electron chi connectivity index (χ2n) is 7.13. The molecule has 0 aliphatic rings. The van der Waals surface area contributed by atoms with E-state index in [1.165, 1.54) is 0 Å². The molecule has 24 heavy (non-hydrogen) atoms. The van der Waals surface area contributed by atoms with Crippen LogP contribution < -0.4 is 10.6 Å². The lowest BCUT2D eigenvalue weighted by Crippen LogP contribution is -2.29. The van der Waals surface area contributed by atoms with Crippen molar-refractivity contribution in [2.24, 2.45) is 0 Å².